The maximum absolute atomic E-state index is 12.4. The zero-order valence-electron chi connectivity index (χ0n) is 13.8. The van der Waals surface area contributed by atoms with E-state index in [1.54, 1.807) is 0 Å². The number of nitrogens with two attached hydrogens (primary N) is 1. The molecule has 1 amide bonds. The minimum Gasteiger partial charge on any atom is -0.353 e. The highest BCUT2D eigenvalue weighted by Gasteiger charge is 2.27. The number of carbonyl (C=O) groups excluding carboxylic acids is 1. The molecule has 1 fully saturated rings. The van der Waals surface area contributed by atoms with Crippen molar-refractivity contribution in [1.82, 2.24) is 5.32 Å². The maximum atomic E-state index is 12.4. The first kappa shape index (κ1) is 18.3. The molecule has 3 unspecified atom stereocenters. The van der Waals surface area contributed by atoms with Gasteiger partial charge in [-0.25, -0.2) is 0 Å². The lowest BCUT2D eigenvalue weighted by Gasteiger charge is -2.32. The maximum Gasteiger partial charge on any atom is 0.220 e. The van der Waals surface area contributed by atoms with Crippen molar-refractivity contribution in [2.24, 2.45) is 17.6 Å². The molecule has 0 radical (unpaired) electrons. The van der Waals surface area contributed by atoms with Crippen molar-refractivity contribution in [2.45, 2.75) is 57.4 Å². The molecule has 4 heteroatoms. The molecule has 3 atom stereocenters. The smallest absolute Gasteiger partial charge is 0.220 e. The second-order valence-corrected chi connectivity index (χ2v) is 7.04. The van der Waals surface area contributed by atoms with Gasteiger partial charge in [0.1, 0.15) is 0 Å². The quantitative estimate of drug-likeness (QED) is 0.886. The largest absolute Gasteiger partial charge is 0.353 e. The highest BCUT2D eigenvalue weighted by Crippen LogP contribution is 2.28. The lowest BCUT2D eigenvalue weighted by molar-refractivity contribution is -0.123. The molecule has 0 aliphatic heterocycles. The summed E-state index contributed by atoms with van der Waals surface area (Å²) in [6.07, 6.45) is 8.71. The van der Waals surface area contributed by atoms with E-state index >= 15 is 0 Å². The summed E-state index contributed by atoms with van der Waals surface area (Å²) in [6, 6.07) is 8.96. The average molecular weight is 337 g/mol. The van der Waals surface area contributed by atoms with E-state index < -0.39 is 0 Å². The van der Waals surface area contributed by atoms with Crippen LogP contribution in [0.2, 0.25) is 0 Å². The molecule has 3 rings (SSSR count). The number of aryl methyl sites for hydroxylation is 1. The van der Waals surface area contributed by atoms with E-state index in [-0.39, 0.29) is 18.3 Å². The number of hydrogen-bond donors (Lipinski definition) is 2. The molecule has 2 aliphatic carbocycles. The van der Waals surface area contributed by atoms with Gasteiger partial charge in [-0.3, -0.25) is 4.79 Å². The molecule has 1 aromatic rings. The van der Waals surface area contributed by atoms with Crippen LogP contribution in [-0.4, -0.2) is 18.5 Å². The van der Waals surface area contributed by atoms with Gasteiger partial charge in [-0.2, -0.15) is 0 Å². The van der Waals surface area contributed by atoms with Gasteiger partial charge in [-0.15, -0.1) is 12.4 Å². The summed E-state index contributed by atoms with van der Waals surface area (Å²) in [5.41, 5.74) is 8.76. The van der Waals surface area contributed by atoms with E-state index in [1.807, 2.05) is 0 Å². The summed E-state index contributed by atoms with van der Waals surface area (Å²) in [6.45, 7) is 0.696. The highest BCUT2D eigenvalue weighted by molar-refractivity contribution is 5.85. The monoisotopic (exact) mass is 336 g/mol. The fraction of sp³-hybridized carbons (Fsp3) is 0.632. The fourth-order valence-corrected chi connectivity index (χ4v) is 4.16. The van der Waals surface area contributed by atoms with Gasteiger partial charge in [-0.1, -0.05) is 37.1 Å². The molecule has 0 aromatic heterocycles. The summed E-state index contributed by atoms with van der Waals surface area (Å²) in [5, 5.41) is 3.27. The van der Waals surface area contributed by atoms with Crippen LogP contribution in [0.1, 0.15) is 49.7 Å². The van der Waals surface area contributed by atoms with Crippen molar-refractivity contribution in [3.8, 4) is 0 Å². The van der Waals surface area contributed by atoms with Gasteiger partial charge >= 0.3 is 0 Å². The molecule has 0 saturated heterocycles. The molecule has 0 heterocycles. The van der Waals surface area contributed by atoms with Crippen LogP contribution in [0.25, 0.3) is 0 Å². The molecule has 128 valence electrons. The normalized spacial score (nSPS) is 26.7. The van der Waals surface area contributed by atoms with Crippen LogP contribution < -0.4 is 11.1 Å². The molecule has 1 saturated carbocycles. The zero-order valence-corrected chi connectivity index (χ0v) is 14.6. The number of carbonyl (C=O) groups is 1. The van der Waals surface area contributed by atoms with Gasteiger partial charge in [0, 0.05) is 12.5 Å². The van der Waals surface area contributed by atoms with Gasteiger partial charge < -0.3 is 11.1 Å². The Morgan fingerprint density at radius 3 is 2.65 bits per heavy atom. The highest BCUT2D eigenvalue weighted by atomic mass is 35.5. The molecule has 3 nitrogen and oxygen atoms in total. The average Bonchev–Trinajstić information content (AvgIpc) is 2.55. The van der Waals surface area contributed by atoms with Crippen molar-refractivity contribution >= 4 is 18.3 Å². The second kappa shape index (κ2) is 8.70. The van der Waals surface area contributed by atoms with Crippen LogP contribution >= 0.6 is 12.4 Å². The summed E-state index contributed by atoms with van der Waals surface area (Å²) in [7, 11) is 0. The van der Waals surface area contributed by atoms with E-state index in [0.29, 0.717) is 30.8 Å². The summed E-state index contributed by atoms with van der Waals surface area (Å²) in [4.78, 5) is 12.4. The predicted molar refractivity (Wildman–Crippen MR) is 96.8 cm³/mol. The Morgan fingerprint density at radius 1 is 1.13 bits per heavy atom. The number of rotatable bonds is 4. The Bertz CT molecular complexity index is 520. The Kier molecular flexibility index (Phi) is 6.91. The first-order valence-electron chi connectivity index (χ1n) is 8.82. The van der Waals surface area contributed by atoms with Crippen LogP contribution in [0.3, 0.4) is 0 Å². The van der Waals surface area contributed by atoms with Crippen LogP contribution in [0, 0.1) is 11.8 Å². The SMILES string of the molecule is Cl.NCC1CCCCC1NC(=O)CC1CCc2ccccc2C1. The van der Waals surface area contributed by atoms with Crippen molar-refractivity contribution in [1.29, 1.82) is 0 Å². The molecule has 2 aliphatic rings. The van der Waals surface area contributed by atoms with Gasteiger partial charge in [0.2, 0.25) is 5.91 Å². The Balaban J connectivity index is 0.00000192. The Hall–Kier alpha value is -1.06. The number of nitrogens with one attached hydrogen (secondary N) is 1. The molecule has 0 spiro atoms. The lowest BCUT2D eigenvalue weighted by atomic mass is 9.81. The van der Waals surface area contributed by atoms with Gasteiger partial charge in [0.15, 0.2) is 0 Å². The van der Waals surface area contributed by atoms with Gasteiger partial charge in [-0.05, 0) is 61.6 Å². The number of fused-ring (bicyclic) bond motifs is 1. The van der Waals surface area contributed by atoms with E-state index in [0.717, 1.165) is 32.1 Å². The van der Waals surface area contributed by atoms with Crippen molar-refractivity contribution < 1.29 is 4.79 Å². The molecule has 23 heavy (non-hydrogen) atoms. The third-order valence-corrected chi connectivity index (χ3v) is 5.48. The number of halogens is 1. The third-order valence-electron chi connectivity index (χ3n) is 5.48. The van der Waals surface area contributed by atoms with Crippen LogP contribution in [0.5, 0.6) is 0 Å². The Labute approximate surface area is 145 Å². The summed E-state index contributed by atoms with van der Waals surface area (Å²) >= 11 is 0. The molecule has 0 bridgehead atoms. The van der Waals surface area contributed by atoms with Crippen molar-refractivity contribution in [2.75, 3.05) is 6.54 Å². The lowest BCUT2D eigenvalue weighted by Crippen LogP contribution is -2.45. The topological polar surface area (TPSA) is 55.1 Å². The number of hydrogen-bond acceptors (Lipinski definition) is 2. The van der Waals surface area contributed by atoms with Crippen molar-refractivity contribution in [3.05, 3.63) is 35.4 Å². The summed E-state index contributed by atoms with van der Waals surface area (Å²) in [5.74, 6) is 1.20. The Morgan fingerprint density at radius 2 is 1.87 bits per heavy atom. The molecular weight excluding hydrogens is 308 g/mol. The van der Waals surface area contributed by atoms with Gasteiger partial charge in [0.25, 0.3) is 0 Å². The summed E-state index contributed by atoms with van der Waals surface area (Å²) < 4.78 is 0. The van der Waals surface area contributed by atoms with E-state index in [2.05, 4.69) is 29.6 Å². The first-order chi connectivity index (χ1) is 10.8. The van der Waals surface area contributed by atoms with Crippen LogP contribution in [0.15, 0.2) is 24.3 Å². The van der Waals surface area contributed by atoms with Crippen LogP contribution in [-0.2, 0) is 17.6 Å². The van der Waals surface area contributed by atoms with E-state index in [9.17, 15) is 4.79 Å². The predicted octanol–water partition coefficient (Wildman–Crippen LogP) is 3.24. The second-order valence-electron chi connectivity index (χ2n) is 7.04. The molecule has 1 aromatic carbocycles. The molecule has 3 N–H and O–H groups in total. The third kappa shape index (κ3) is 4.71. The zero-order chi connectivity index (χ0) is 15.4. The minimum atomic E-state index is 0. The first-order valence-corrected chi connectivity index (χ1v) is 8.82. The van der Waals surface area contributed by atoms with Crippen LogP contribution in [0.4, 0.5) is 0 Å². The number of benzene rings is 1. The number of amides is 1. The fourth-order valence-electron chi connectivity index (χ4n) is 4.16. The minimum absolute atomic E-state index is 0. The van der Waals surface area contributed by atoms with E-state index in [4.69, 9.17) is 5.73 Å². The van der Waals surface area contributed by atoms with Gasteiger partial charge in [0.05, 0.1) is 0 Å². The van der Waals surface area contributed by atoms with Crippen molar-refractivity contribution in [3.63, 3.8) is 0 Å². The standard InChI is InChI=1S/C19H28N2O.ClH/c20-13-17-7-3-4-8-18(17)21-19(22)12-14-9-10-15-5-1-2-6-16(15)11-14;/h1-2,5-6,14,17-18H,3-4,7-13,20H2,(H,21,22);1H. The van der Waals surface area contributed by atoms with E-state index in [1.165, 1.54) is 24.0 Å². The molecular formula is C19H29ClN2O.